The van der Waals surface area contributed by atoms with Gasteiger partial charge in [0.2, 0.25) is 11.8 Å². The van der Waals surface area contributed by atoms with E-state index in [4.69, 9.17) is 5.84 Å². The average molecular weight is 309 g/mol. The summed E-state index contributed by atoms with van der Waals surface area (Å²) in [6, 6.07) is 0. The molecule has 0 aliphatic carbocycles. The van der Waals surface area contributed by atoms with Crippen LogP contribution in [0.3, 0.4) is 0 Å². The van der Waals surface area contributed by atoms with Crippen molar-refractivity contribution in [1.29, 1.82) is 0 Å². The number of anilines is 2. The van der Waals surface area contributed by atoms with E-state index in [9.17, 15) is 10.1 Å². The molecule has 2 aromatic heterocycles. The van der Waals surface area contributed by atoms with E-state index >= 15 is 0 Å². The Hall–Kier alpha value is -2.33. The lowest BCUT2D eigenvalue weighted by molar-refractivity contribution is -0.385. The van der Waals surface area contributed by atoms with Gasteiger partial charge in [0.05, 0.1) is 15.6 Å². The van der Waals surface area contributed by atoms with Crippen molar-refractivity contribution in [3.05, 3.63) is 31.9 Å². The van der Waals surface area contributed by atoms with Gasteiger partial charge >= 0.3 is 5.69 Å². The Kier molecular flexibility index (Phi) is 4.60. The molecule has 4 N–H and O–H groups in total. The minimum absolute atomic E-state index is 0.130. The number of hydrogen-bond acceptors (Lipinski definition) is 9. The Balaban J connectivity index is 2.14. The summed E-state index contributed by atoms with van der Waals surface area (Å²) in [4.78, 5) is 22.8. The Bertz CT molecular complexity index is 658. The van der Waals surface area contributed by atoms with E-state index in [1.807, 2.05) is 12.3 Å². The van der Waals surface area contributed by atoms with Gasteiger partial charge in [0.15, 0.2) is 0 Å². The number of hydrazine groups is 1. The molecule has 0 aliphatic heterocycles. The molecule has 0 saturated heterocycles. The molecule has 0 aliphatic rings. The number of rotatable bonds is 6. The predicted octanol–water partition coefficient (Wildman–Crippen LogP) is 1.40. The normalized spacial score (nSPS) is 10.4. The van der Waals surface area contributed by atoms with Crippen LogP contribution in [0.4, 0.5) is 17.5 Å². The van der Waals surface area contributed by atoms with Gasteiger partial charge < -0.3 is 5.32 Å². The van der Waals surface area contributed by atoms with Crippen LogP contribution in [-0.2, 0) is 6.42 Å². The van der Waals surface area contributed by atoms with Crippen LogP contribution in [0.2, 0.25) is 0 Å². The summed E-state index contributed by atoms with van der Waals surface area (Å²) in [5.41, 5.74) is 3.33. The van der Waals surface area contributed by atoms with E-state index in [-0.39, 0.29) is 23.1 Å². The maximum Gasteiger partial charge on any atom is 0.332 e. The Morgan fingerprint density at radius 3 is 2.71 bits per heavy atom. The fourth-order valence-electron chi connectivity index (χ4n) is 1.81. The third-order valence-electron chi connectivity index (χ3n) is 2.71. The van der Waals surface area contributed by atoms with Crippen molar-refractivity contribution in [2.45, 2.75) is 20.3 Å². The van der Waals surface area contributed by atoms with Crippen LogP contribution in [0.15, 0.2) is 5.38 Å². The van der Waals surface area contributed by atoms with Gasteiger partial charge in [-0.1, -0.05) is 0 Å². The van der Waals surface area contributed by atoms with E-state index in [1.165, 1.54) is 6.92 Å². The molecule has 0 saturated carbocycles. The van der Waals surface area contributed by atoms with Crippen molar-refractivity contribution in [3.63, 3.8) is 0 Å². The van der Waals surface area contributed by atoms with Crippen LogP contribution >= 0.6 is 11.3 Å². The molecule has 112 valence electrons. The molecule has 2 heterocycles. The Labute approximate surface area is 124 Å². The SMILES string of the molecule is Cc1nc(CCNc2nc(NN)nc(C)c2[N+](=O)[O-])cs1. The van der Waals surface area contributed by atoms with Crippen molar-refractivity contribution in [1.82, 2.24) is 15.0 Å². The van der Waals surface area contributed by atoms with Crippen LogP contribution in [0.1, 0.15) is 16.4 Å². The van der Waals surface area contributed by atoms with Crippen LogP contribution in [-0.4, -0.2) is 26.4 Å². The zero-order valence-electron chi connectivity index (χ0n) is 11.6. The number of aryl methyl sites for hydroxylation is 2. The summed E-state index contributed by atoms with van der Waals surface area (Å²) < 4.78 is 0. The monoisotopic (exact) mass is 309 g/mol. The first-order valence-corrected chi connectivity index (χ1v) is 7.03. The Morgan fingerprint density at radius 2 is 2.14 bits per heavy atom. The molecule has 0 spiro atoms. The molecule has 0 aromatic carbocycles. The third-order valence-corrected chi connectivity index (χ3v) is 3.53. The summed E-state index contributed by atoms with van der Waals surface area (Å²) >= 11 is 1.57. The van der Waals surface area contributed by atoms with E-state index in [1.54, 1.807) is 11.3 Å². The van der Waals surface area contributed by atoms with Gasteiger partial charge in [-0.15, -0.1) is 11.3 Å². The van der Waals surface area contributed by atoms with Crippen molar-refractivity contribution >= 4 is 28.8 Å². The molecule has 21 heavy (non-hydrogen) atoms. The van der Waals surface area contributed by atoms with Crippen molar-refractivity contribution in [2.75, 3.05) is 17.3 Å². The number of nitrogens with zero attached hydrogens (tertiary/aromatic N) is 4. The second-order valence-electron chi connectivity index (χ2n) is 4.27. The first-order valence-electron chi connectivity index (χ1n) is 6.15. The number of nitrogen functional groups attached to an aromatic ring is 1. The highest BCUT2D eigenvalue weighted by Crippen LogP contribution is 2.26. The number of thiazole rings is 1. The topological polar surface area (TPSA) is 132 Å². The van der Waals surface area contributed by atoms with Crippen LogP contribution in [0, 0.1) is 24.0 Å². The highest BCUT2D eigenvalue weighted by atomic mass is 32.1. The zero-order valence-corrected chi connectivity index (χ0v) is 12.4. The smallest absolute Gasteiger partial charge is 0.332 e. The van der Waals surface area contributed by atoms with Gasteiger partial charge in [0, 0.05) is 18.3 Å². The highest BCUT2D eigenvalue weighted by Gasteiger charge is 2.21. The van der Waals surface area contributed by atoms with Crippen molar-refractivity contribution in [2.24, 2.45) is 5.84 Å². The molecule has 2 aromatic rings. The summed E-state index contributed by atoms with van der Waals surface area (Å²) in [6.45, 7) is 3.94. The average Bonchev–Trinajstić information content (AvgIpc) is 2.83. The third kappa shape index (κ3) is 3.61. The molecule has 9 nitrogen and oxygen atoms in total. The predicted molar refractivity (Wildman–Crippen MR) is 80.3 cm³/mol. The Morgan fingerprint density at radius 1 is 1.38 bits per heavy atom. The molecule has 0 atom stereocenters. The summed E-state index contributed by atoms with van der Waals surface area (Å²) in [5, 5.41) is 17.0. The first kappa shape index (κ1) is 15.1. The molecular formula is C11H15N7O2S. The van der Waals surface area contributed by atoms with Gasteiger partial charge in [-0.05, 0) is 13.8 Å². The molecule has 0 radical (unpaired) electrons. The highest BCUT2D eigenvalue weighted by molar-refractivity contribution is 7.09. The lowest BCUT2D eigenvalue weighted by Crippen LogP contribution is -2.15. The second kappa shape index (κ2) is 6.41. The second-order valence-corrected chi connectivity index (χ2v) is 5.33. The van der Waals surface area contributed by atoms with Crippen LogP contribution in [0.5, 0.6) is 0 Å². The standard InChI is InChI=1S/C11H15N7O2S/c1-6-9(18(19)20)10(16-11(14-6)17-12)13-4-3-8-5-21-7(2)15-8/h5H,3-4,12H2,1-2H3,(H2,13,14,16,17). The fraction of sp³-hybridized carbons (Fsp3) is 0.364. The maximum absolute atomic E-state index is 11.1. The number of hydrogen-bond donors (Lipinski definition) is 3. The van der Waals surface area contributed by atoms with Crippen LogP contribution in [0.25, 0.3) is 0 Å². The first-order chi connectivity index (χ1) is 10.0. The summed E-state index contributed by atoms with van der Waals surface area (Å²) in [5.74, 6) is 5.53. The van der Waals surface area contributed by atoms with Crippen molar-refractivity contribution < 1.29 is 4.92 Å². The fourth-order valence-corrected chi connectivity index (χ4v) is 2.45. The quantitative estimate of drug-likeness (QED) is 0.414. The van der Waals surface area contributed by atoms with Gasteiger partial charge in [-0.2, -0.15) is 4.98 Å². The minimum Gasteiger partial charge on any atom is -0.364 e. The summed E-state index contributed by atoms with van der Waals surface area (Å²) in [6.07, 6.45) is 0.649. The molecule has 10 heteroatoms. The van der Waals surface area contributed by atoms with Crippen LogP contribution < -0.4 is 16.6 Å². The van der Waals surface area contributed by atoms with Gasteiger partial charge in [0.25, 0.3) is 0 Å². The minimum atomic E-state index is -0.509. The number of aromatic nitrogens is 3. The molecule has 0 fully saturated rings. The van der Waals surface area contributed by atoms with E-state index in [0.29, 0.717) is 13.0 Å². The molecule has 0 unspecified atom stereocenters. The number of nitrogens with one attached hydrogen (secondary N) is 2. The van der Waals surface area contributed by atoms with E-state index in [0.717, 1.165) is 10.7 Å². The van der Waals surface area contributed by atoms with Gasteiger partial charge in [0.1, 0.15) is 5.69 Å². The number of nitrogens with two attached hydrogens (primary N) is 1. The van der Waals surface area contributed by atoms with E-state index in [2.05, 4.69) is 25.7 Å². The molecular weight excluding hydrogens is 294 g/mol. The lowest BCUT2D eigenvalue weighted by Gasteiger charge is -2.08. The lowest BCUT2D eigenvalue weighted by atomic mass is 10.3. The molecule has 0 bridgehead atoms. The van der Waals surface area contributed by atoms with Gasteiger partial charge in [-0.25, -0.2) is 15.8 Å². The molecule has 0 amide bonds. The summed E-state index contributed by atoms with van der Waals surface area (Å²) in [7, 11) is 0. The zero-order chi connectivity index (χ0) is 15.4. The number of nitro groups is 1. The largest absolute Gasteiger partial charge is 0.364 e. The van der Waals surface area contributed by atoms with Gasteiger partial charge in [-0.3, -0.25) is 15.5 Å². The van der Waals surface area contributed by atoms with Crippen molar-refractivity contribution in [3.8, 4) is 0 Å². The van der Waals surface area contributed by atoms with E-state index < -0.39 is 4.92 Å². The molecule has 2 rings (SSSR count). The maximum atomic E-state index is 11.1.